The summed E-state index contributed by atoms with van der Waals surface area (Å²) in [5.41, 5.74) is 1.39. The van der Waals surface area contributed by atoms with Crippen molar-refractivity contribution < 1.29 is 9.53 Å². The molecule has 0 unspecified atom stereocenters. The van der Waals surface area contributed by atoms with Gasteiger partial charge in [-0.05, 0) is 31.9 Å². The van der Waals surface area contributed by atoms with Gasteiger partial charge in [-0.3, -0.25) is 14.6 Å². The second-order valence-corrected chi connectivity index (χ2v) is 7.17. The number of hydrogen-bond donors (Lipinski definition) is 1. The second kappa shape index (κ2) is 8.10. The van der Waals surface area contributed by atoms with Gasteiger partial charge < -0.3 is 10.1 Å². The molecule has 2 aliphatic rings. The first kappa shape index (κ1) is 17.4. The van der Waals surface area contributed by atoms with Gasteiger partial charge in [-0.2, -0.15) is 0 Å². The quantitative estimate of drug-likeness (QED) is 0.858. The summed E-state index contributed by atoms with van der Waals surface area (Å²) in [5.74, 6) is 0.129. The molecule has 1 amide bonds. The van der Waals surface area contributed by atoms with Crippen molar-refractivity contribution in [2.75, 3.05) is 45.9 Å². The highest BCUT2D eigenvalue weighted by Crippen LogP contribution is 2.29. The number of morpholine rings is 1. The third-order valence-electron chi connectivity index (χ3n) is 5.26. The summed E-state index contributed by atoms with van der Waals surface area (Å²) in [6.07, 6.45) is 2.33. The van der Waals surface area contributed by atoms with E-state index in [4.69, 9.17) is 4.74 Å². The van der Waals surface area contributed by atoms with E-state index in [1.807, 2.05) is 0 Å². The van der Waals surface area contributed by atoms with E-state index in [9.17, 15) is 4.79 Å². The van der Waals surface area contributed by atoms with Gasteiger partial charge in [0.15, 0.2) is 0 Å². The Labute approximate surface area is 145 Å². The van der Waals surface area contributed by atoms with E-state index in [0.717, 1.165) is 52.4 Å². The van der Waals surface area contributed by atoms with Crippen LogP contribution in [0.25, 0.3) is 0 Å². The Hall–Kier alpha value is -1.43. The van der Waals surface area contributed by atoms with E-state index < -0.39 is 0 Å². The van der Waals surface area contributed by atoms with Crippen molar-refractivity contribution >= 4 is 5.91 Å². The van der Waals surface area contributed by atoms with Crippen LogP contribution < -0.4 is 5.32 Å². The fourth-order valence-electron chi connectivity index (χ4n) is 3.66. The van der Waals surface area contributed by atoms with Crippen LogP contribution >= 0.6 is 0 Å². The third-order valence-corrected chi connectivity index (χ3v) is 5.26. The Morgan fingerprint density at radius 1 is 1.21 bits per heavy atom. The van der Waals surface area contributed by atoms with Gasteiger partial charge in [-0.25, -0.2) is 0 Å². The smallest absolute Gasteiger partial charge is 0.234 e. The van der Waals surface area contributed by atoms with Crippen molar-refractivity contribution in [1.29, 1.82) is 0 Å². The Balaban J connectivity index is 1.49. The Morgan fingerprint density at radius 2 is 1.96 bits per heavy atom. The highest BCUT2D eigenvalue weighted by atomic mass is 16.5. The number of rotatable bonds is 6. The topological polar surface area (TPSA) is 44.8 Å². The molecule has 2 fully saturated rings. The van der Waals surface area contributed by atoms with E-state index in [1.54, 1.807) is 0 Å². The molecule has 3 rings (SSSR count). The van der Waals surface area contributed by atoms with Crippen molar-refractivity contribution in [1.82, 2.24) is 15.1 Å². The minimum atomic E-state index is 0.0521. The molecule has 0 radical (unpaired) electrons. The molecule has 1 N–H and O–H groups in total. The molecule has 0 spiro atoms. The second-order valence-electron chi connectivity index (χ2n) is 7.17. The number of carbonyl (C=O) groups excluding carboxylic acids is 1. The van der Waals surface area contributed by atoms with E-state index in [0.29, 0.717) is 6.54 Å². The maximum Gasteiger partial charge on any atom is 0.234 e. The number of nitrogens with one attached hydrogen (secondary N) is 1. The fourth-order valence-corrected chi connectivity index (χ4v) is 3.66. The molecule has 5 nitrogen and oxygen atoms in total. The first-order valence-corrected chi connectivity index (χ1v) is 9.01. The molecular weight excluding hydrogens is 302 g/mol. The number of amides is 1. The maximum absolute atomic E-state index is 12.3. The predicted molar refractivity (Wildman–Crippen MR) is 94.8 cm³/mol. The Kier molecular flexibility index (Phi) is 5.87. The summed E-state index contributed by atoms with van der Waals surface area (Å²) in [7, 11) is 0. The molecule has 0 aliphatic carbocycles. The number of carbonyl (C=O) groups is 1. The number of likely N-dealkylation sites (tertiary alicyclic amines) is 1. The van der Waals surface area contributed by atoms with Gasteiger partial charge in [-0.15, -0.1) is 0 Å². The molecule has 5 heteroatoms. The molecule has 1 aromatic rings. The summed E-state index contributed by atoms with van der Waals surface area (Å²) >= 11 is 0. The maximum atomic E-state index is 12.3. The van der Waals surface area contributed by atoms with Crippen molar-refractivity contribution in [3.05, 3.63) is 35.9 Å². The van der Waals surface area contributed by atoms with Gasteiger partial charge in [0.25, 0.3) is 0 Å². The van der Waals surface area contributed by atoms with Crippen LogP contribution in [0.4, 0.5) is 0 Å². The zero-order valence-corrected chi connectivity index (χ0v) is 14.7. The zero-order valence-electron chi connectivity index (χ0n) is 14.7. The largest absolute Gasteiger partial charge is 0.379 e. The van der Waals surface area contributed by atoms with E-state index in [2.05, 4.69) is 52.4 Å². The summed E-state index contributed by atoms with van der Waals surface area (Å²) in [4.78, 5) is 16.9. The molecule has 2 heterocycles. The first-order chi connectivity index (χ1) is 11.7. The Morgan fingerprint density at radius 3 is 2.71 bits per heavy atom. The summed E-state index contributed by atoms with van der Waals surface area (Å²) in [6, 6.07) is 10.6. The molecule has 1 aromatic carbocycles. The number of nitrogens with zero attached hydrogens (tertiary/aromatic N) is 2. The standard InChI is InChI=1S/C19H29N3O2/c1-19(16-20-18(23)15-21-10-12-24-13-11-21)8-5-9-22(19)14-17-6-3-2-4-7-17/h2-4,6-7H,5,8-16H2,1H3,(H,20,23)/t19-/m1/s1. The summed E-state index contributed by atoms with van der Waals surface area (Å²) in [5, 5.41) is 3.17. The monoisotopic (exact) mass is 331 g/mol. The average molecular weight is 331 g/mol. The molecule has 0 saturated carbocycles. The lowest BCUT2D eigenvalue weighted by Gasteiger charge is -2.36. The third kappa shape index (κ3) is 4.56. The van der Waals surface area contributed by atoms with Crippen LogP contribution in [0.3, 0.4) is 0 Å². The van der Waals surface area contributed by atoms with Gasteiger partial charge in [0, 0.05) is 31.7 Å². The highest BCUT2D eigenvalue weighted by molar-refractivity contribution is 5.78. The van der Waals surface area contributed by atoms with Gasteiger partial charge >= 0.3 is 0 Å². The number of ether oxygens (including phenoxy) is 1. The molecule has 0 aromatic heterocycles. The van der Waals surface area contributed by atoms with Crippen LogP contribution in [-0.4, -0.2) is 67.2 Å². The fraction of sp³-hybridized carbons (Fsp3) is 0.632. The Bertz CT molecular complexity index is 531. The SMILES string of the molecule is C[C@]1(CNC(=O)CN2CCOCC2)CCCN1Cc1ccccc1. The number of hydrogen-bond acceptors (Lipinski definition) is 4. The average Bonchev–Trinajstić information content (AvgIpc) is 2.96. The van der Waals surface area contributed by atoms with Gasteiger partial charge in [0.1, 0.15) is 0 Å². The molecule has 0 bridgehead atoms. The molecule has 2 saturated heterocycles. The molecule has 24 heavy (non-hydrogen) atoms. The van der Waals surface area contributed by atoms with E-state index in [1.165, 1.54) is 12.0 Å². The lowest BCUT2D eigenvalue weighted by molar-refractivity contribution is -0.123. The van der Waals surface area contributed by atoms with Crippen molar-refractivity contribution in [3.63, 3.8) is 0 Å². The van der Waals surface area contributed by atoms with Gasteiger partial charge in [-0.1, -0.05) is 30.3 Å². The number of benzene rings is 1. The van der Waals surface area contributed by atoms with Crippen LogP contribution in [0.1, 0.15) is 25.3 Å². The van der Waals surface area contributed by atoms with E-state index >= 15 is 0 Å². The molecule has 132 valence electrons. The molecule has 1 atom stereocenters. The van der Waals surface area contributed by atoms with Crippen molar-refractivity contribution in [2.45, 2.75) is 31.8 Å². The minimum Gasteiger partial charge on any atom is -0.379 e. The van der Waals surface area contributed by atoms with Crippen LogP contribution in [0, 0.1) is 0 Å². The normalized spacial score (nSPS) is 25.7. The van der Waals surface area contributed by atoms with Crippen LogP contribution in [0.2, 0.25) is 0 Å². The molecular formula is C19H29N3O2. The van der Waals surface area contributed by atoms with Crippen LogP contribution in [0.15, 0.2) is 30.3 Å². The van der Waals surface area contributed by atoms with E-state index in [-0.39, 0.29) is 11.4 Å². The van der Waals surface area contributed by atoms with Gasteiger partial charge in [0.2, 0.25) is 5.91 Å². The van der Waals surface area contributed by atoms with Crippen LogP contribution in [0.5, 0.6) is 0 Å². The van der Waals surface area contributed by atoms with Crippen molar-refractivity contribution in [2.24, 2.45) is 0 Å². The predicted octanol–water partition coefficient (Wildman–Crippen LogP) is 1.49. The first-order valence-electron chi connectivity index (χ1n) is 9.01. The van der Waals surface area contributed by atoms with Crippen LogP contribution in [-0.2, 0) is 16.1 Å². The summed E-state index contributed by atoms with van der Waals surface area (Å²) < 4.78 is 5.33. The zero-order chi connectivity index (χ0) is 16.8. The summed E-state index contributed by atoms with van der Waals surface area (Å²) in [6.45, 7) is 8.71. The van der Waals surface area contributed by atoms with Gasteiger partial charge in [0.05, 0.1) is 19.8 Å². The lowest BCUT2D eigenvalue weighted by Crippen LogP contribution is -2.51. The minimum absolute atomic E-state index is 0.0521. The van der Waals surface area contributed by atoms with Crippen molar-refractivity contribution in [3.8, 4) is 0 Å². The lowest BCUT2D eigenvalue weighted by atomic mass is 9.98. The molecule has 2 aliphatic heterocycles. The highest BCUT2D eigenvalue weighted by Gasteiger charge is 2.36.